The lowest BCUT2D eigenvalue weighted by Gasteiger charge is -2.14. The van der Waals surface area contributed by atoms with E-state index in [2.05, 4.69) is 0 Å². The lowest BCUT2D eigenvalue weighted by Crippen LogP contribution is -2.31. The largest absolute Gasteiger partial charge is 0.399 e. The molecule has 98 valence electrons. The van der Waals surface area contributed by atoms with Gasteiger partial charge in [0.25, 0.3) is 15.9 Å². The monoisotopic (exact) mass is 270 g/mol. The average molecular weight is 270 g/mol. The molecular weight excluding hydrogens is 256 g/mol. The zero-order chi connectivity index (χ0) is 13.3. The smallest absolute Gasteiger partial charge is 0.269 e. The summed E-state index contributed by atoms with van der Waals surface area (Å²) >= 11 is 0. The van der Waals surface area contributed by atoms with Gasteiger partial charge in [-0.05, 0) is 31.0 Å². The van der Waals surface area contributed by atoms with Gasteiger partial charge in [-0.1, -0.05) is 0 Å². The molecule has 1 aromatic carbocycles. The first-order valence-corrected chi connectivity index (χ1v) is 7.00. The van der Waals surface area contributed by atoms with Crippen molar-refractivity contribution in [3.8, 4) is 0 Å². The number of hydrogen-bond acceptors (Lipinski definition) is 5. The fraction of sp³-hybridized carbons (Fsp3) is 0.364. The Morgan fingerprint density at radius 1 is 1.28 bits per heavy atom. The lowest BCUT2D eigenvalue weighted by atomic mass is 10.2. The summed E-state index contributed by atoms with van der Waals surface area (Å²) < 4.78 is 25.1. The van der Waals surface area contributed by atoms with Crippen LogP contribution in [0.15, 0.2) is 23.1 Å². The van der Waals surface area contributed by atoms with Crippen LogP contribution < -0.4 is 5.73 Å². The van der Waals surface area contributed by atoms with Crippen molar-refractivity contribution in [3.63, 3.8) is 0 Å². The summed E-state index contributed by atoms with van der Waals surface area (Å²) in [6.07, 6.45) is 0.892. The molecule has 0 unspecified atom stereocenters. The first kappa shape index (κ1) is 12.8. The van der Waals surface area contributed by atoms with Crippen molar-refractivity contribution in [2.24, 2.45) is 0 Å². The van der Waals surface area contributed by atoms with Crippen LogP contribution in [0.25, 0.3) is 0 Å². The van der Waals surface area contributed by atoms with E-state index in [0.717, 1.165) is 4.31 Å². The number of sulfonamides is 1. The number of carbonyl (C=O) groups excluding carboxylic acids is 1. The number of unbranched alkanes of at least 4 members (excludes halogenated alkanes) is 1. The van der Waals surface area contributed by atoms with Gasteiger partial charge in [-0.15, -0.1) is 0 Å². The Morgan fingerprint density at radius 2 is 2.00 bits per heavy atom. The van der Waals surface area contributed by atoms with Crippen LogP contribution in [-0.4, -0.2) is 36.9 Å². The standard InChI is InChI=1S/C11H14N2O4S/c12-8-3-4-9-10(7-8)18(16,17)13(11(9)15)5-1-2-6-14/h3-4,7,14H,1-2,5-6,12H2. The number of amides is 1. The Labute approximate surface area is 105 Å². The second-order valence-electron chi connectivity index (χ2n) is 4.07. The van der Waals surface area contributed by atoms with Gasteiger partial charge in [0.2, 0.25) is 0 Å². The summed E-state index contributed by atoms with van der Waals surface area (Å²) in [7, 11) is -3.78. The molecule has 3 N–H and O–H groups in total. The quantitative estimate of drug-likeness (QED) is 0.600. The third-order valence-corrected chi connectivity index (χ3v) is 4.62. The number of fused-ring (bicyclic) bond motifs is 1. The number of benzene rings is 1. The zero-order valence-corrected chi connectivity index (χ0v) is 10.5. The van der Waals surface area contributed by atoms with Crippen molar-refractivity contribution in [1.82, 2.24) is 4.31 Å². The minimum absolute atomic E-state index is 0.0258. The molecule has 1 aliphatic heterocycles. The van der Waals surface area contributed by atoms with E-state index in [-0.39, 0.29) is 23.6 Å². The van der Waals surface area contributed by atoms with Gasteiger partial charge in [0.1, 0.15) is 4.90 Å². The van der Waals surface area contributed by atoms with E-state index < -0.39 is 15.9 Å². The zero-order valence-electron chi connectivity index (χ0n) is 9.67. The van der Waals surface area contributed by atoms with Crippen LogP contribution in [0.2, 0.25) is 0 Å². The summed E-state index contributed by atoms with van der Waals surface area (Å²) in [5, 5.41) is 8.68. The van der Waals surface area contributed by atoms with E-state index in [9.17, 15) is 13.2 Å². The van der Waals surface area contributed by atoms with E-state index in [4.69, 9.17) is 10.8 Å². The molecule has 0 saturated heterocycles. The molecule has 0 fully saturated rings. The van der Waals surface area contributed by atoms with Gasteiger partial charge in [0.05, 0.1) is 5.56 Å². The van der Waals surface area contributed by atoms with Crippen molar-refractivity contribution in [3.05, 3.63) is 23.8 Å². The number of nitrogens with zero attached hydrogens (tertiary/aromatic N) is 1. The third kappa shape index (κ3) is 1.95. The normalized spacial score (nSPS) is 16.9. The van der Waals surface area contributed by atoms with Gasteiger partial charge in [-0.2, -0.15) is 0 Å². The molecule has 1 aliphatic rings. The molecule has 0 saturated carbocycles. The van der Waals surface area contributed by atoms with Gasteiger partial charge in [0.15, 0.2) is 0 Å². The topological polar surface area (TPSA) is 101 Å². The van der Waals surface area contributed by atoms with Gasteiger partial charge in [-0.25, -0.2) is 12.7 Å². The Morgan fingerprint density at radius 3 is 2.67 bits per heavy atom. The molecule has 0 radical (unpaired) electrons. The summed E-state index contributed by atoms with van der Waals surface area (Å²) in [5.74, 6) is -0.525. The molecule has 0 aliphatic carbocycles. The Bertz CT molecular complexity index is 583. The molecule has 7 heteroatoms. The summed E-state index contributed by atoms with van der Waals surface area (Å²) in [6.45, 7) is 0.0539. The van der Waals surface area contributed by atoms with E-state index >= 15 is 0 Å². The molecule has 1 aromatic rings. The minimum Gasteiger partial charge on any atom is -0.399 e. The fourth-order valence-corrected chi connectivity index (χ4v) is 3.52. The Kier molecular flexibility index (Phi) is 3.27. The maximum Gasteiger partial charge on any atom is 0.269 e. The van der Waals surface area contributed by atoms with E-state index in [1.807, 2.05) is 0 Å². The van der Waals surface area contributed by atoms with Crippen molar-refractivity contribution >= 4 is 21.6 Å². The number of carbonyl (C=O) groups is 1. The average Bonchev–Trinajstić information content (AvgIpc) is 2.50. The van der Waals surface area contributed by atoms with Crippen LogP contribution in [0, 0.1) is 0 Å². The van der Waals surface area contributed by atoms with Crippen LogP contribution in [0.5, 0.6) is 0 Å². The fourth-order valence-electron chi connectivity index (χ4n) is 1.88. The Balaban J connectivity index is 2.36. The minimum atomic E-state index is -3.78. The second kappa shape index (κ2) is 4.58. The summed E-state index contributed by atoms with van der Waals surface area (Å²) in [6, 6.07) is 4.23. The van der Waals surface area contributed by atoms with Crippen LogP contribution in [0.3, 0.4) is 0 Å². The molecule has 0 bridgehead atoms. The molecule has 0 aromatic heterocycles. The first-order valence-electron chi connectivity index (χ1n) is 5.56. The van der Waals surface area contributed by atoms with Gasteiger partial charge < -0.3 is 10.8 Å². The van der Waals surface area contributed by atoms with E-state index in [1.54, 1.807) is 0 Å². The Hall–Kier alpha value is -1.60. The van der Waals surface area contributed by atoms with Crippen LogP contribution in [-0.2, 0) is 10.0 Å². The number of nitrogens with two attached hydrogens (primary N) is 1. The molecule has 1 amide bonds. The molecule has 6 nitrogen and oxygen atoms in total. The number of aliphatic hydroxyl groups is 1. The number of rotatable bonds is 4. The maximum absolute atomic E-state index is 12.1. The van der Waals surface area contributed by atoms with Crippen molar-refractivity contribution < 1.29 is 18.3 Å². The van der Waals surface area contributed by atoms with Gasteiger partial charge in [0, 0.05) is 18.8 Å². The maximum atomic E-state index is 12.1. The predicted molar refractivity (Wildman–Crippen MR) is 65.4 cm³/mol. The van der Waals surface area contributed by atoms with Gasteiger partial charge in [-0.3, -0.25) is 4.79 Å². The molecule has 18 heavy (non-hydrogen) atoms. The molecule has 0 atom stereocenters. The molecule has 0 spiro atoms. The van der Waals surface area contributed by atoms with Crippen molar-refractivity contribution in [2.75, 3.05) is 18.9 Å². The molecular formula is C11H14N2O4S. The molecule has 1 heterocycles. The number of aliphatic hydroxyl groups excluding tert-OH is 1. The summed E-state index contributed by atoms with van der Waals surface area (Å²) in [4.78, 5) is 11.9. The highest BCUT2D eigenvalue weighted by Crippen LogP contribution is 2.31. The highest BCUT2D eigenvalue weighted by atomic mass is 32.2. The number of hydrogen-bond donors (Lipinski definition) is 2. The van der Waals surface area contributed by atoms with E-state index in [0.29, 0.717) is 18.5 Å². The van der Waals surface area contributed by atoms with Crippen molar-refractivity contribution in [2.45, 2.75) is 17.7 Å². The lowest BCUT2D eigenvalue weighted by molar-refractivity contribution is 0.0868. The second-order valence-corrected chi connectivity index (χ2v) is 5.90. The third-order valence-electron chi connectivity index (χ3n) is 2.80. The van der Waals surface area contributed by atoms with Crippen LogP contribution >= 0.6 is 0 Å². The highest BCUT2D eigenvalue weighted by Gasteiger charge is 2.40. The highest BCUT2D eigenvalue weighted by molar-refractivity contribution is 7.90. The number of anilines is 1. The van der Waals surface area contributed by atoms with Crippen molar-refractivity contribution in [1.29, 1.82) is 0 Å². The van der Waals surface area contributed by atoms with Crippen LogP contribution in [0.1, 0.15) is 23.2 Å². The van der Waals surface area contributed by atoms with Gasteiger partial charge >= 0.3 is 0 Å². The van der Waals surface area contributed by atoms with E-state index in [1.165, 1.54) is 18.2 Å². The SMILES string of the molecule is Nc1ccc2c(c1)S(=O)(=O)N(CCCCO)C2=O. The summed E-state index contributed by atoms with van der Waals surface area (Å²) in [5.41, 5.74) is 6.01. The predicted octanol–water partition coefficient (Wildman–Crippen LogP) is 0.186. The number of nitrogen functional groups attached to an aromatic ring is 1. The van der Waals surface area contributed by atoms with Crippen LogP contribution in [0.4, 0.5) is 5.69 Å². The molecule has 2 rings (SSSR count). The first-order chi connectivity index (χ1) is 8.48.